The predicted molar refractivity (Wildman–Crippen MR) is 86.4 cm³/mol. The minimum absolute atomic E-state index is 0.0830. The Bertz CT molecular complexity index is 823. The van der Waals surface area contributed by atoms with E-state index >= 15 is 0 Å². The number of fused-ring (bicyclic) bond motifs is 3. The molecule has 1 N–H and O–H groups in total. The van der Waals surface area contributed by atoms with E-state index in [2.05, 4.69) is 5.10 Å². The standard InChI is InChI=1S/C15H21F2N3O5S/c1-9-5-12-11(7-19(9)14(21)22)13-15(16,17)4-3-10(6-20(13)18-12)8-25-26(2,23)24/h9-10H,3-8H2,1-2H3,(H,21,22). The highest BCUT2D eigenvalue weighted by Gasteiger charge is 2.44. The summed E-state index contributed by atoms with van der Waals surface area (Å²) in [4.78, 5) is 12.5. The number of hydrogen-bond acceptors (Lipinski definition) is 5. The molecule has 0 radical (unpaired) electrons. The monoisotopic (exact) mass is 393 g/mol. The van der Waals surface area contributed by atoms with E-state index in [1.807, 2.05) is 0 Å². The Balaban J connectivity index is 1.93. The molecule has 2 aliphatic heterocycles. The van der Waals surface area contributed by atoms with Crippen molar-refractivity contribution in [3.05, 3.63) is 17.0 Å². The van der Waals surface area contributed by atoms with Gasteiger partial charge in [0, 0.05) is 36.9 Å². The van der Waals surface area contributed by atoms with Crippen LogP contribution >= 0.6 is 0 Å². The molecule has 0 saturated carbocycles. The Morgan fingerprint density at radius 2 is 2.15 bits per heavy atom. The average Bonchev–Trinajstić information content (AvgIpc) is 2.79. The van der Waals surface area contributed by atoms with Crippen molar-refractivity contribution in [3.8, 4) is 0 Å². The number of carbonyl (C=O) groups is 1. The molecular weight excluding hydrogens is 372 g/mol. The first kappa shape index (κ1) is 19.0. The van der Waals surface area contributed by atoms with Crippen molar-refractivity contribution in [2.24, 2.45) is 5.92 Å². The molecule has 146 valence electrons. The summed E-state index contributed by atoms with van der Waals surface area (Å²) in [5.74, 6) is -3.59. The molecule has 0 aliphatic carbocycles. The lowest BCUT2D eigenvalue weighted by Crippen LogP contribution is -2.42. The van der Waals surface area contributed by atoms with E-state index in [-0.39, 0.29) is 49.8 Å². The van der Waals surface area contributed by atoms with Gasteiger partial charge in [-0.15, -0.1) is 0 Å². The van der Waals surface area contributed by atoms with Gasteiger partial charge < -0.3 is 10.0 Å². The number of halogens is 2. The molecule has 2 atom stereocenters. The zero-order chi connectivity index (χ0) is 19.3. The molecule has 0 saturated heterocycles. The number of rotatable bonds is 3. The van der Waals surface area contributed by atoms with Gasteiger partial charge >= 0.3 is 6.09 Å². The second-order valence-corrected chi connectivity index (χ2v) is 8.66. The lowest BCUT2D eigenvalue weighted by molar-refractivity contribution is -0.0227. The Morgan fingerprint density at radius 1 is 1.46 bits per heavy atom. The Kier molecular flexibility index (Phi) is 4.72. The van der Waals surface area contributed by atoms with Crippen molar-refractivity contribution >= 4 is 16.2 Å². The molecule has 11 heteroatoms. The van der Waals surface area contributed by atoms with Gasteiger partial charge in [-0.25, -0.2) is 4.79 Å². The Labute approximate surface area is 149 Å². The van der Waals surface area contributed by atoms with Crippen LogP contribution in [0.15, 0.2) is 0 Å². The number of nitrogens with zero attached hydrogens (tertiary/aromatic N) is 3. The minimum Gasteiger partial charge on any atom is -0.465 e. The van der Waals surface area contributed by atoms with Crippen LogP contribution in [0.2, 0.25) is 0 Å². The fourth-order valence-electron chi connectivity index (χ4n) is 3.59. The maximum atomic E-state index is 14.8. The summed E-state index contributed by atoms with van der Waals surface area (Å²) >= 11 is 0. The number of alkyl halides is 2. The first-order valence-corrected chi connectivity index (χ1v) is 10.1. The Morgan fingerprint density at radius 3 is 2.77 bits per heavy atom. The van der Waals surface area contributed by atoms with Crippen LogP contribution in [0.1, 0.15) is 36.7 Å². The van der Waals surface area contributed by atoms with Gasteiger partial charge in [-0.05, 0) is 13.3 Å². The third kappa shape index (κ3) is 3.68. The molecule has 1 amide bonds. The lowest BCUT2D eigenvalue weighted by Gasteiger charge is -2.31. The number of carboxylic acid groups (broad SMARTS) is 1. The topological polar surface area (TPSA) is 102 Å². The first-order chi connectivity index (χ1) is 12.0. The molecule has 0 bridgehead atoms. The predicted octanol–water partition coefficient (Wildman–Crippen LogP) is 1.79. The van der Waals surface area contributed by atoms with Crippen molar-refractivity contribution in [1.82, 2.24) is 14.7 Å². The largest absolute Gasteiger partial charge is 0.465 e. The van der Waals surface area contributed by atoms with Crippen LogP contribution in [0, 0.1) is 5.92 Å². The van der Waals surface area contributed by atoms with E-state index in [0.717, 1.165) is 11.2 Å². The van der Waals surface area contributed by atoms with Crippen LogP contribution in [0.5, 0.6) is 0 Å². The summed E-state index contributed by atoms with van der Waals surface area (Å²) in [5, 5.41) is 13.6. The molecule has 3 rings (SSSR count). The molecule has 8 nitrogen and oxygen atoms in total. The molecule has 0 aromatic carbocycles. The van der Waals surface area contributed by atoms with Gasteiger partial charge in [0.2, 0.25) is 0 Å². The molecular formula is C15H21F2N3O5S. The molecule has 2 aliphatic rings. The number of aromatic nitrogens is 2. The summed E-state index contributed by atoms with van der Waals surface area (Å²) in [6.45, 7) is 1.51. The molecule has 0 spiro atoms. The smallest absolute Gasteiger partial charge is 0.407 e. The van der Waals surface area contributed by atoms with E-state index in [4.69, 9.17) is 4.18 Å². The fourth-order valence-corrected chi connectivity index (χ4v) is 4.03. The lowest BCUT2D eigenvalue weighted by atomic mass is 9.96. The zero-order valence-electron chi connectivity index (χ0n) is 14.5. The highest BCUT2D eigenvalue weighted by Crippen LogP contribution is 2.42. The highest BCUT2D eigenvalue weighted by molar-refractivity contribution is 7.85. The van der Waals surface area contributed by atoms with E-state index in [9.17, 15) is 27.1 Å². The van der Waals surface area contributed by atoms with Gasteiger partial charge in [0.05, 0.1) is 25.1 Å². The van der Waals surface area contributed by atoms with Crippen LogP contribution in [0.25, 0.3) is 0 Å². The summed E-state index contributed by atoms with van der Waals surface area (Å²) < 4.78 is 57.9. The number of hydrogen-bond donors (Lipinski definition) is 1. The third-order valence-electron chi connectivity index (χ3n) is 4.89. The van der Waals surface area contributed by atoms with Gasteiger partial charge in [-0.2, -0.15) is 22.3 Å². The van der Waals surface area contributed by atoms with Gasteiger partial charge in [0.1, 0.15) is 5.69 Å². The average molecular weight is 393 g/mol. The van der Waals surface area contributed by atoms with Crippen LogP contribution in [-0.4, -0.2) is 53.2 Å². The zero-order valence-corrected chi connectivity index (χ0v) is 15.3. The van der Waals surface area contributed by atoms with Gasteiger partial charge in [-0.3, -0.25) is 8.86 Å². The van der Waals surface area contributed by atoms with Crippen LogP contribution < -0.4 is 0 Å². The Hall–Kier alpha value is -1.75. The van der Waals surface area contributed by atoms with E-state index < -0.39 is 34.5 Å². The van der Waals surface area contributed by atoms with Crippen molar-refractivity contribution in [2.75, 3.05) is 12.9 Å². The summed E-state index contributed by atoms with van der Waals surface area (Å²) in [5.41, 5.74) is 0.488. The quantitative estimate of drug-likeness (QED) is 0.786. The van der Waals surface area contributed by atoms with Gasteiger partial charge in [0.25, 0.3) is 16.0 Å². The SMILES string of the molecule is CC1Cc2nn3c(c2CN1C(=O)O)C(F)(F)CCC(COS(C)(=O)=O)C3. The molecule has 1 aromatic heterocycles. The second-order valence-electron chi connectivity index (χ2n) is 7.02. The highest BCUT2D eigenvalue weighted by atomic mass is 32.2. The van der Waals surface area contributed by atoms with Crippen LogP contribution in [-0.2, 0) is 39.7 Å². The minimum atomic E-state index is -3.66. The normalized spacial score (nSPS) is 25.3. The summed E-state index contributed by atoms with van der Waals surface area (Å²) in [6, 6.07) is -0.350. The van der Waals surface area contributed by atoms with Crippen molar-refractivity contribution < 1.29 is 31.3 Å². The van der Waals surface area contributed by atoms with Crippen molar-refractivity contribution in [3.63, 3.8) is 0 Å². The van der Waals surface area contributed by atoms with Crippen LogP contribution in [0.3, 0.4) is 0 Å². The van der Waals surface area contributed by atoms with E-state index in [0.29, 0.717) is 5.69 Å². The first-order valence-electron chi connectivity index (χ1n) is 8.29. The van der Waals surface area contributed by atoms with Crippen molar-refractivity contribution in [1.29, 1.82) is 0 Å². The summed E-state index contributed by atoms with van der Waals surface area (Å²) in [7, 11) is -3.66. The summed E-state index contributed by atoms with van der Waals surface area (Å²) in [6.07, 6.45) is -0.356. The van der Waals surface area contributed by atoms with E-state index in [1.54, 1.807) is 6.92 Å². The molecule has 2 unspecified atom stereocenters. The fraction of sp³-hybridized carbons (Fsp3) is 0.733. The van der Waals surface area contributed by atoms with Gasteiger partial charge in [0.15, 0.2) is 0 Å². The van der Waals surface area contributed by atoms with Crippen LogP contribution in [0.4, 0.5) is 13.6 Å². The number of amides is 1. The van der Waals surface area contributed by atoms with E-state index in [1.165, 1.54) is 4.68 Å². The third-order valence-corrected chi connectivity index (χ3v) is 5.45. The molecule has 26 heavy (non-hydrogen) atoms. The van der Waals surface area contributed by atoms with Gasteiger partial charge in [-0.1, -0.05) is 0 Å². The molecule has 3 heterocycles. The maximum absolute atomic E-state index is 14.8. The van der Waals surface area contributed by atoms with Crippen molar-refractivity contribution in [2.45, 2.75) is 51.2 Å². The second kappa shape index (κ2) is 6.45. The molecule has 1 aromatic rings. The molecule has 0 fully saturated rings. The maximum Gasteiger partial charge on any atom is 0.407 e.